The lowest BCUT2D eigenvalue weighted by molar-refractivity contribution is 1.67. The summed E-state index contributed by atoms with van der Waals surface area (Å²) in [5, 5.41) is 6.12. The number of fused-ring (bicyclic) bond motifs is 10. The number of benzene rings is 4. The zero-order valence-corrected chi connectivity index (χ0v) is 16.6. The van der Waals surface area contributed by atoms with E-state index in [0.29, 0.717) is 0 Å². The largest absolute Gasteiger partial charge is 0.182 e. The van der Waals surface area contributed by atoms with Crippen molar-refractivity contribution >= 4 is 44.8 Å². The van der Waals surface area contributed by atoms with Crippen molar-refractivity contribution in [2.75, 3.05) is 0 Å². The van der Waals surface area contributed by atoms with Crippen LogP contribution in [0.15, 0.2) is 95.5 Å². The van der Waals surface area contributed by atoms with E-state index >= 15 is 0 Å². The number of hydrogen-bond donors (Lipinski definition) is 0. The maximum absolute atomic E-state index is 3.74. The van der Waals surface area contributed by atoms with Crippen LogP contribution in [0.25, 0.3) is 22.3 Å². The summed E-state index contributed by atoms with van der Waals surface area (Å²) in [6, 6.07) is 34.0. The molecular weight excluding hydrogens is 396 g/mol. The Morgan fingerprint density at radius 1 is 0.462 bits per heavy atom. The van der Waals surface area contributed by atoms with Gasteiger partial charge in [0.05, 0.1) is 0 Å². The normalized spacial score (nSPS) is 14.7. The second kappa shape index (κ2) is 5.06. The monoisotopic (exact) mass is 410 g/mol. The molecule has 0 bridgehead atoms. The molecule has 0 unspecified atom stereocenters. The molecule has 0 saturated heterocycles. The lowest BCUT2D eigenvalue weighted by Gasteiger charge is -2.27. The summed E-state index contributed by atoms with van der Waals surface area (Å²) in [5.41, 5.74) is 5.64. The van der Waals surface area contributed by atoms with Crippen LogP contribution in [0.5, 0.6) is 0 Å². The molecule has 0 N–H and O–H groups in total. The molecule has 0 nitrogen and oxygen atoms in total. The van der Waals surface area contributed by atoms with Gasteiger partial charge in [0.25, 0.3) is 0 Å². The van der Waals surface area contributed by atoms with Crippen molar-refractivity contribution < 1.29 is 0 Å². The third-order valence-corrected chi connectivity index (χ3v) is 11.4. The van der Waals surface area contributed by atoms with Crippen molar-refractivity contribution in [1.82, 2.24) is 0 Å². The van der Waals surface area contributed by atoms with Crippen molar-refractivity contribution in [3.05, 3.63) is 95.5 Å². The molecule has 2 aliphatic heterocycles. The molecule has 1 spiro atoms. The van der Waals surface area contributed by atoms with Gasteiger partial charge in [-0.2, -0.15) is 0 Å². The summed E-state index contributed by atoms with van der Waals surface area (Å²) >= 11 is 3.74. The van der Waals surface area contributed by atoms with E-state index in [0.717, 1.165) is 4.47 Å². The molecule has 2 heteroatoms. The van der Waals surface area contributed by atoms with Crippen molar-refractivity contribution in [3.8, 4) is 22.3 Å². The van der Waals surface area contributed by atoms with Gasteiger partial charge in [0.2, 0.25) is 0 Å². The zero-order valence-electron chi connectivity index (χ0n) is 14.0. The first-order valence-electron chi connectivity index (χ1n) is 8.91. The molecule has 26 heavy (non-hydrogen) atoms. The van der Waals surface area contributed by atoms with Crippen LogP contribution >= 0.6 is 15.9 Å². The molecule has 2 aliphatic rings. The van der Waals surface area contributed by atoms with Crippen LogP contribution in [-0.2, 0) is 0 Å². The number of hydrogen-bond acceptors (Lipinski definition) is 0. The fourth-order valence-corrected chi connectivity index (χ4v) is 11.3. The molecule has 0 amide bonds. The van der Waals surface area contributed by atoms with Crippen LogP contribution in [0.3, 0.4) is 0 Å². The molecule has 0 fully saturated rings. The predicted octanol–water partition coefficient (Wildman–Crippen LogP) is 3.79. The molecular formula is C24H15BrSi. The second-order valence-electron chi connectivity index (χ2n) is 7.08. The standard InChI is InChI=1S/C24H15BrSi/c25-16-13-14-20-19-9-3-6-12-23(19)26(24(20)15-16)21-10-4-1-7-17(21)18-8-2-5-11-22(18)26/h1-15H. The van der Waals surface area contributed by atoms with E-state index in [-0.39, 0.29) is 0 Å². The Morgan fingerprint density at radius 3 is 1.38 bits per heavy atom. The Kier molecular flexibility index (Phi) is 2.86. The fourth-order valence-electron chi connectivity index (χ4n) is 5.07. The summed E-state index contributed by atoms with van der Waals surface area (Å²) in [6.07, 6.45) is 0. The van der Waals surface area contributed by atoms with Gasteiger partial charge in [-0.3, -0.25) is 0 Å². The predicted molar refractivity (Wildman–Crippen MR) is 116 cm³/mol. The van der Waals surface area contributed by atoms with Gasteiger partial charge in [-0.25, -0.2) is 0 Å². The van der Waals surface area contributed by atoms with E-state index in [2.05, 4.69) is 107 Å². The van der Waals surface area contributed by atoms with Crippen LogP contribution in [0, 0.1) is 0 Å². The lowest BCUT2D eigenvalue weighted by Crippen LogP contribution is -2.70. The van der Waals surface area contributed by atoms with Crippen LogP contribution in [0.4, 0.5) is 0 Å². The van der Waals surface area contributed by atoms with Gasteiger partial charge >= 0.3 is 0 Å². The highest BCUT2D eigenvalue weighted by atomic mass is 79.9. The highest BCUT2D eigenvalue weighted by Gasteiger charge is 2.53. The third-order valence-electron chi connectivity index (χ3n) is 5.96. The average Bonchev–Trinajstić information content (AvgIpc) is 3.15. The van der Waals surface area contributed by atoms with Crippen LogP contribution in [0.1, 0.15) is 0 Å². The van der Waals surface area contributed by atoms with E-state index in [1.54, 1.807) is 0 Å². The smallest absolute Gasteiger partial charge is 0.0623 e. The van der Waals surface area contributed by atoms with Gasteiger partial charge in [0.15, 0.2) is 8.07 Å². The first-order chi connectivity index (χ1) is 12.8. The number of halogens is 1. The Morgan fingerprint density at radius 2 is 0.885 bits per heavy atom. The lowest BCUT2D eigenvalue weighted by atomic mass is 10.1. The van der Waals surface area contributed by atoms with E-state index in [1.165, 1.54) is 43.0 Å². The summed E-state index contributed by atoms with van der Waals surface area (Å²) in [7, 11) is -2.21. The zero-order chi connectivity index (χ0) is 17.3. The summed E-state index contributed by atoms with van der Waals surface area (Å²) in [6.45, 7) is 0. The molecule has 6 rings (SSSR count). The van der Waals surface area contributed by atoms with Gasteiger partial charge in [-0.05, 0) is 55.1 Å². The van der Waals surface area contributed by atoms with E-state index < -0.39 is 8.07 Å². The van der Waals surface area contributed by atoms with Gasteiger partial charge in [0, 0.05) is 4.47 Å². The Labute approximate surface area is 162 Å². The molecule has 4 aromatic carbocycles. The second-order valence-corrected chi connectivity index (χ2v) is 11.6. The van der Waals surface area contributed by atoms with E-state index in [1.807, 2.05) is 0 Å². The van der Waals surface area contributed by atoms with Crippen molar-refractivity contribution in [3.63, 3.8) is 0 Å². The molecule has 0 aromatic heterocycles. The molecule has 4 aromatic rings. The minimum absolute atomic E-state index is 1.16. The third kappa shape index (κ3) is 1.60. The summed E-state index contributed by atoms with van der Waals surface area (Å²) < 4.78 is 1.16. The molecule has 0 saturated carbocycles. The van der Waals surface area contributed by atoms with Crippen molar-refractivity contribution in [1.29, 1.82) is 0 Å². The summed E-state index contributed by atoms with van der Waals surface area (Å²) in [5.74, 6) is 0. The van der Waals surface area contributed by atoms with Gasteiger partial charge in [-0.15, -0.1) is 0 Å². The molecule has 2 heterocycles. The topological polar surface area (TPSA) is 0 Å². The van der Waals surface area contributed by atoms with E-state index in [9.17, 15) is 0 Å². The number of rotatable bonds is 0. The Bertz CT molecular complexity index is 1140. The van der Waals surface area contributed by atoms with E-state index in [4.69, 9.17) is 0 Å². The van der Waals surface area contributed by atoms with Gasteiger partial charge in [0.1, 0.15) is 0 Å². The molecule has 122 valence electrons. The van der Waals surface area contributed by atoms with Gasteiger partial charge in [-0.1, -0.05) is 94.8 Å². The molecule has 0 atom stereocenters. The van der Waals surface area contributed by atoms with Gasteiger partial charge < -0.3 is 0 Å². The first kappa shape index (κ1) is 14.7. The average molecular weight is 411 g/mol. The maximum atomic E-state index is 3.74. The van der Waals surface area contributed by atoms with Crippen LogP contribution in [-0.4, -0.2) is 8.07 Å². The fraction of sp³-hybridized carbons (Fsp3) is 0. The highest BCUT2D eigenvalue weighted by Crippen LogP contribution is 2.36. The molecule has 0 radical (unpaired) electrons. The summed E-state index contributed by atoms with van der Waals surface area (Å²) in [4.78, 5) is 0. The highest BCUT2D eigenvalue weighted by molar-refractivity contribution is 9.10. The Hall–Kier alpha value is -2.42. The first-order valence-corrected chi connectivity index (χ1v) is 11.7. The maximum Gasteiger partial charge on any atom is 0.182 e. The molecule has 0 aliphatic carbocycles. The minimum Gasteiger partial charge on any atom is -0.0623 e. The van der Waals surface area contributed by atoms with Crippen molar-refractivity contribution in [2.24, 2.45) is 0 Å². The quantitative estimate of drug-likeness (QED) is 0.334. The minimum atomic E-state index is -2.21. The van der Waals surface area contributed by atoms with Crippen molar-refractivity contribution in [2.45, 2.75) is 0 Å². The van der Waals surface area contributed by atoms with Crippen LogP contribution < -0.4 is 20.7 Å². The SMILES string of the molecule is Brc1ccc2c(c1)[Si]1(c3ccccc3-c3ccccc31)c1ccccc1-2. The Balaban J connectivity index is 1.88. The van der Waals surface area contributed by atoms with Crippen LogP contribution in [0.2, 0.25) is 0 Å².